The topological polar surface area (TPSA) is 57.5 Å². The number of carboxylic acids is 1. The fourth-order valence-corrected chi connectivity index (χ4v) is 5.25. The van der Waals surface area contributed by atoms with Crippen molar-refractivity contribution in [2.75, 3.05) is 23.3 Å². The van der Waals surface area contributed by atoms with Crippen LogP contribution in [0.15, 0.2) is 72.9 Å². The number of hydrogen-bond donors (Lipinski definition) is 2. The Balaban J connectivity index is 1.19. The minimum Gasteiger partial charge on any atom is -0.478 e. The molecule has 1 aromatic heterocycles. The van der Waals surface area contributed by atoms with Gasteiger partial charge in [-0.3, -0.25) is 0 Å². The molecule has 0 bridgehead atoms. The van der Waals surface area contributed by atoms with Crippen molar-refractivity contribution in [3.8, 4) is 0 Å². The SMILES string of the molecule is O=C(O)c1cc(C2CC2)ccc1Nc1ccc2c(ccn2Cc2ccc(N3CCCCC3)cc2)c1. The molecular weight excluding hydrogens is 434 g/mol. The zero-order valence-corrected chi connectivity index (χ0v) is 19.9. The van der Waals surface area contributed by atoms with Crippen LogP contribution in [-0.4, -0.2) is 28.7 Å². The highest BCUT2D eigenvalue weighted by Gasteiger charge is 2.25. The Bertz CT molecular complexity index is 1360. The summed E-state index contributed by atoms with van der Waals surface area (Å²) < 4.78 is 2.27. The molecule has 0 atom stereocenters. The minimum absolute atomic E-state index is 0.333. The Kier molecular flexibility index (Phi) is 5.69. The van der Waals surface area contributed by atoms with E-state index in [0.717, 1.165) is 54.6 Å². The maximum atomic E-state index is 11.9. The van der Waals surface area contributed by atoms with Gasteiger partial charge in [-0.05, 0) is 97.7 Å². The predicted octanol–water partition coefficient (Wildman–Crippen LogP) is 7.00. The highest BCUT2D eigenvalue weighted by atomic mass is 16.4. The van der Waals surface area contributed by atoms with E-state index < -0.39 is 5.97 Å². The first-order chi connectivity index (χ1) is 17.1. The zero-order chi connectivity index (χ0) is 23.8. The van der Waals surface area contributed by atoms with E-state index in [2.05, 4.69) is 69.5 Å². The summed E-state index contributed by atoms with van der Waals surface area (Å²) in [5.41, 5.74) is 6.76. The van der Waals surface area contributed by atoms with Crippen LogP contribution in [0, 0.1) is 0 Å². The van der Waals surface area contributed by atoms with Crippen molar-refractivity contribution in [3.05, 3.63) is 89.6 Å². The number of benzene rings is 3. The van der Waals surface area contributed by atoms with E-state index in [9.17, 15) is 9.90 Å². The molecule has 2 aliphatic rings. The van der Waals surface area contributed by atoms with Gasteiger partial charge in [0.15, 0.2) is 0 Å². The first-order valence-electron chi connectivity index (χ1n) is 12.7. The van der Waals surface area contributed by atoms with Crippen LogP contribution in [-0.2, 0) is 6.54 Å². The van der Waals surface area contributed by atoms with E-state index in [4.69, 9.17) is 0 Å². The quantitative estimate of drug-likeness (QED) is 0.309. The van der Waals surface area contributed by atoms with Crippen LogP contribution in [0.4, 0.5) is 17.1 Å². The van der Waals surface area contributed by atoms with Gasteiger partial charge in [-0.25, -0.2) is 4.79 Å². The smallest absolute Gasteiger partial charge is 0.337 e. The van der Waals surface area contributed by atoms with E-state index in [0.29, 0.717) is 17.2 Å². The monoisotopic (exact) mass is 465 g/mol. The molecule has 2 N–H and O–H groups in total. The second-order valence-corrected chi connectivity index (χ2v) is 9.94. The van der Waals surface area contributed by atoms with E-state index in [1.807, 2.05) is 18.2 Å². The van der Waals surface area contributed by atoms with Crippen molar-refractivity contribution in [1.29, 1.82) is 0 Å². The molecule has 1 aliphatic heterocycles. The lowest BCUT2D eigenvalue weighted by Crippen LogP contribution is -2.29. The largest absolute Gasteiger partial charge is 0.478 e. The number of rotatable bonds is 7. The van der Waals surface area contributed by atoms with Crippen molar-refractivity contribution in [2.45, 2.75) is 44.6 Å². The number of aromatic nitrogens is 1. The zero-order valence-electron chi connectivity index (χ0n) is 19.9. The number of carbonyl (C=O) groups is 1. The number of nitrogens with one attached hydrogen (secondary N) is 1. The number of piperidine rings is 1. The molecule has 35 heavy (non-hydrogen) atoms. The van der Waals surface area contributed by atoms with Crippen molar-refractivity contribution >= 4 is 33.9 Å². The van der Waals surface area contributed by atoms with Crippen LogP contribution >= 0.6 is 0 Å². The summed E-state index contributed by atoms with van der Waals surface area (Å²) >= 11 is 0. The Hall–Kier alpha value is -3.73. The van der Waals surface area contributed by atoms with E-state index >= 15 is 0 Å². The van der Waals surface area contributed by atoms with Gasteiger partial charge in [-0.1, -0.05) is 18.2 Å². The summed E-state index contributed by atoms with van der Waals surface area (Å²) in [5.74, 6) is -0.368. The molecule has 6 rings (SSSR count). The molecule has 1 saturated heterocycles. The summed E-state index contributed by atoms with van der Waals surface area (Å²) in [6.45, 7) is 3.15. The maximum Gasteiger partial charge on any atom is 0.337 e. The van der Waals surface area contributed by atoms with Crippen LogP contribution in [0.1, 0.15) is 59.5 Å². The van der Waals surface area contributed by atoms with Crippen molar-refractivity contribution in [2.24, 2.45) is 0 Å². The van der Waals surface area contributed by atoms with Crippen molar-refractivity contribution < 1.29 is 9.90 Å². The number of nitrogens with zero attached hydrogens (tertiary/aromatic N) is 2. The summed E-state index contributed by atoms with van der Waals surface area (Å²) in [4.78, 5) is 14.3. The molecule has 0 amide bonds. The second kappa shape index (κ2) is 9.14. The molecular formula is C30H31N3O2. The molecule has 0 unspecified atom stereocenters. The molecule has 1 saturated carbocycles. The molecule has 4 aromatic rings. The normalized spacial score (nSPS) is 15.9. The lowest BCUT2D eigenvalue weighted by atomic mass is 10.0. The summed E-state index contributed by atoms with van der Waals surface area (Å²) in [6.07, 6.45) is 8.36. The van der Waals surface area contributed by atoms with E-state index in [1.54, 1.807) is 0 Å². The summed E-state index contributed by atoms with van der Waals surface area (Å²) in [6, 6.07) is 23.1. The molecule has 5 heteroatoms. The average molecular weight is 466 g/mol. The second-order valence-electron chi connectivity index (χ2n) is 9.94. The number of carboxylic acid groups (broad SMARTS) is 1. The molecule has 2 fully saturated rings. The van der Waals surface area contributed by atoms with Gasteiger partial charge in [0.25, 0.3) is 0 Å². The van der Waals surface area contributed by atoms with Crippen LogP contribution in [0.25, 0.3) is 10.9 Å². The standard InChI is InChI=1S/C30H31N3O2/c34-30(35)27-19-23(22-6-7-22)8-12-28(27)31-25-9-13-29-24(18-25)14-17-33(29)20-21-4-10-26(11-5-21)32-15-2-1-3-16-32/h4-5,8-14,17-19,22,31H,1-3,6-7,15-16,20H2,(H,34,35). The Morgan fingerprint density at radius 2 is 1.71 bits per heavy atom. The molecule has 1 aliphatic carbocycles. The lowest BCUT2D eigenvalue weighted by molar-refractivity contribution is 0.0698. The van der Waals surface area contributed by atoms with Gasteiger partial charge in [0, 0.05) is 48.1 Å². The molecule has 3 aromatic carbocycles. The Morgan fingerprint density at radius 3 is 2.46 bits per heavy atom. The summed E-state index contributed by atoms with van der Waals surface area (Å²) in [5, 5.41) is 14.2. The Labute approximate surface area is 206 Å². The molecule has 0 radical (unpaired) electrons. The van der Waals surface area contributed by atoms with Crippen LogP contribution in [0.3, 0.4) is 0 Å². The predicted molar refractivity (Wildman–Crippen MR) is 142 cm³/mol. The molecule has 2 heterocycles. The third-order valence-electron chi connectivity index (χ3n) is 7.38. The first-order valence-corrected chi connectivity index (χ1v) is 12.7. The number of anilines is 3. The minimum atomic E-state index is -0.895. The number of aromatic carboxylic acids is 1. The van der Waals surface area contributed by atoms with Crippen molar-refractivity contribution in [1.82, 2.24) is 4.57 Å². The van der Waals surface area contributed by atoms with E-state index in [1.165, 1.54) is 30.5 Å². The fraction of sp³-hybridized carbons (Fsp3) is 0.300. The molecule has 178 valence electrons. The fourth-order valence-electron chi connectivity index (χ4n) is 5.25. The van der Waals surface area contributed by atoms with Gasteiger partial charge < -0.3 is 19.9 Å². The lowest BCUT2D eigenvalue weighted by Gasteiger charge is -2.28. The van der Waals surface area contributed by atoms with Crippen molar-refractivity contribution in [3.63, 3.8) is 0 Å². The van der Waals surface area contributed by atoms with Gasteiger partial charge in [0.05, 0.1) is 11.3 Å². The van der Waals surface area contributed by atoms with Crippen LogP contribution < -0.4 is 10.2 Å². The molecule has 5 nitrogen and oxygen atoms in total. The highest BCUT2D eigenvalue weighted by Crippen LogP contribution is 2.41. The molecule has 0 spiro atoms. The van der Waals surface area contributed by atoms with E-state index in [-0.39, 0.29) is 0 Å². The van der Waals surface area contributed by atoms with Gasteiger partial charge in [0.1, 0.15) is 0 Å². The average Bonchev–Trinajstić information content (AvgIpc) is 3.67. The maximum absolute atomic E-state index is 11.9. The van der Waals surface area contributed by atoms with Crippen LogP contribution in [0.5, 0.6) is 0 Å². The third-order valence-corrected chi connectivity index (χ3v) is 7.38. The van der Waals surface area contributed by atoms with Crippen LogP contribution in [0.2, 0.25) is 0 Å². The van der Waals surface area contributed by atoms with Gasteiger partial charge >= 0.3 is 5.97 Å². The summed E-state index contributed by atoms with van der Waals surface area (Å²) in [7, 11) is 0. The Morgan fingerprint density at radius 1 is 0.914 bits per heavy atom. The number of hydrogen-bond acceptors (Lipinski definition) is 3. The first kappa shape index (κ1) is 21.8. The van der Waals surface area contributed by atoms with Gasteiger partial charge in [-0.2, -0.15) is 0 Å². The number of fused-ring (bicyclic) bond motifs is 1. The third kappa shape index (κ3) is 4.63. The van der Waals surface area contributed by atoms with Gasteiger partial charge in [0.2, 0.25) is 0 Å². The highest BCUT2D eigenvalue weighted by molar-refractivity contribution is 5.96. The van der Waals surface area contributed by atoms with Gasteiger partial charge in [-0.15, -0.1) is 0 Å².